The highest BCUT2D eigenvalue weighted by molar-refractivity contribution is 5.86. The van der Waals surface area contributed by atoms with E-state index in [2.05, 4.69) is 123 Å². The third-order valence-corrected chi connectivity index (χ3v) is 9.57. The Balaban J connectivity index is 1.73. The first kappa shape index (κ1) is 36.6. The Kier molecular flexibility index (Phi) is 11.6. The maximum absolute atomic E-state index is 5.08. The van der Waals surface area contributed by atoms with E-state index >= 15 is 0 Å². The Morgan fingerprint density at radius 3 is 1.12 bits per heavy atom. The van der Waals surface area contributed by atoms with Crippen LogP contribution in [0.2, 0.25) is 0 Å². The van der Waals surface area contributed by atoms with Gasteiger partial charge in [0.1, 0.15) is 0 Å². The van der Waals surface area contributed by atoms with Crippen LogP contribution in [0.5, 0.6) is 0 Å². The molecule has 2 aromatic heterocycles. The topological polar surface area (TPSA) is 50.5 Å². The molecule has 0 atom stereocenters. The normalized spacial score (nSPS) is 12.2. The largest absolute Gasteiger partial charge is 0.255 e. The van der Waals surface area contributed by atoms with Crippen LogP contribution in [0.1, 0.15) is 144 Å². The van der Waals surface area contributed by atoms with Crippen LogP contribution in [0.15, 0.2) is 95.2 Å². The molecule has 3 aromatic carbocycles. The van der Waals surface area contributed by atoms with Crippen molar-refractivity contribution in [3.8, 4) is 22.3 Å². The summed E-state index contributed by atoms with van der Waals surface area (Å²) in [5.74, 6) is 1.59. The number of pyridine rings is 2. The molecule has 0 saturated heterocycles. The molecule has 0 saturated carbocycles. The summed E-state index contributed by atoms with van der Waals surface area (Å²) in [6, 6.07) is 26.2. The van der Waals surface area contributed by atoms with Crippen molar-refractivity contribution in [3.05, 3.63) is 130 Å². The first-order valence-corrected chi connectivity index (χ1v) is 18.3. The maximum atomic E-state index is 5.08. The van der Waals surface area contributed by atoms with Gasteiger partial charge in [-0.05, 0) is 141 Å². The molecule has 5 aromatic rings. The number of nitrogens with zero attached hydrogens (tertiary/aromatic N) is 4. The van der Waals surface area contributed by atoms with E-state index in [1.165, 1.54) is 55.6 Å². The second-order valence-electron chi connectivity index (χ2n) is 15.0. The summed E-state index contributed by atoms with van der Waals surface area (Å²) in [4.78, 5) is 19.1. The molecule has 0 radical (unpaired) electrons. The number of benzene rings is 3. The lowest BCUT2D eigenvalue weighted by molar-refractivity contribution is 0.835. The molecule has 0 spiro atoms. The van der Waals surface area contributed by atoms with Crippen LogP contribution >= 0.6 is 0 Å². The van der Waals surface area contributed by atoms with Gasteiger partial charge in [0.25, 0.3) is 0 Å². The third kappa shape index (κ3) is 8.18. The van der Waals surface area contributed by atoms with Crippen molar-refractivity contribution in [1.29, 1.82) is 0 Å². The standard InChI is InChI=1S/C46H54N4/c1-28(2)34-20-43(35-22-39(29(3)4)45(40(23-35)30(5)6)49-26-37-16-12-14-18-47-37)33(11)44(21-34)36-24-41(31(7)8)46(42(25-36)32(9)10)50-27-38-17-13-15-19-48-38/h12-32H,1-11H3. The Morgan fingerprint density at radius 1 is 0.480 bits per heavy atom. The van der Waals surface area contributed by atoms with Gasteiger partial charge in [0.2, 0.25) is 0 Å². The quantitative estimate of drug-likeness (QED) is 0.132. The minimum atomic E-state index is 0.303. The van der Waals surface area contributed by atoms with Crippen LogP contribution < -0.4 is 0 Å². The Labute approximate surface area is 300 Å². The summed E-state index contributed by atoms with van der Waals surface area (Å²) < 4.78 is 0. The molecule has 258 valence electrons. The van der Waals surface area contributed by atoms with Gasteiger partial charge in [-0.25, -0.2) is 0 Å². The average Bonchev–Trinajstić information content (AvgIpc) is 3.09. The van der Waals surface area contributed by atoms with Crippen LogP contribution in [0.3, 0.4) is 0 Å². The zero-order valence-electron chi connectivity index (χ0n) is 31.9. The van der Waals surface area contributed by atoms with E-state index in [-0.39, 0.29) is 0 Å². The maximum Gasteiger partial charge on any atom is 0.0812 e. The molecule has 0 N–H and O–H groups in total. The molecule has 0 aliphatic carbocycles. The lowest BCUT2D eigenvalue weighted by Gasteiger charge is -2.23. The predicted octanol–water partition coefficient (Wildman–Crippen LogP) is 13.2. The number of aliphatic imine (C=N–C) groups is 2. The van der Waals surface area contributed by atoms with Gasteiger partial charge in [0.15, 0.2) is 0 Å². The van der Waals surface area contributed by atoms with Gasteiger partial charge in [0.05, 0.1) is 35.2 Å². The number of hydrogen-bond donors (Lipinski definition) is 0. The average molecular weight is 663 g/mol. The summed E-state index contributed by atoms with van der Waals surface area (Å²) >= 11 is 0. The fraction of sp³-hybridized carbons (Fsp3) is 0.348. The molecular formula is C46H54N4. The highest BCUT2D eigenvalue weighted by Crippen LogP contribution is 2.44. The van der Waals surface area contributed by atoms with Crippen molar-refractivity contribution in [2.45, 2.75) is 106 Å². The second kappa shape index (κ2) is 15.9. The van der Waals surface area contributed by atoms with E-state index in [4.69, 9.17) is 9.98 Å². The lowest BCUT2D eigenvalue weighted by atomic mass is 9.82. The molecule has 0 amide bonds. The van der Waals surface area contributed by atoms with Crippen LogP contribution in [0.4, 0.5) is 11.4 Å². The molecule has 0 aliphatic heterocycles. The first-order chi connectivity index (χ1) is 23.8. The van der Waals surface area contributed by atoms with Crippen molar-refractivity contribution in [2.75, 3.05) is 0 Å². The van der Waals surface area contributed by atoms with Gasteiger partial charge in [0, 0.05) is 12.4 Å². The predicted molar refractivity (Wildman–Crippen MR) is 215 cm³/mol. The van der Waals surface area contributed by atoms with Gasteiger partial charge in [-0.1, -0.05) is 93.5 Å². The molecule has 2 heterocycles. The summed E-state index contributed by atoms with van der Waals surface area (Å²) in [6.45, 7) is 25.0. The fourth-order valence-corrected chi connectivity index (χ4v) is 6.57. The van der Waals surface area contributed by atoms with Gasteiger partial charge in [-0.15, -0.1) is 0 Å². The molecule has 0 fully saturated rings. The van der Waals surface area contributed by atoms with E-state index in [1.54, 1.807) is 0 Å². The second-order valence-corrected chi connectivity index (χ2v) is 15.0. The highest BCUT2D eigenvalue weighted by atomic mass is 14.8. The first-order valence-electron chi connectivity index (χ1n) is 18.3. The minimum Gasteiger partial charge on any atom is -0.255 e. The summed E-state index contributed by atoms with van der Waals surface area (Å²) in [6.07, 6.45) is 7.43. The summed E-state index contributed by atoms with van der Waals surface area (Å²) in [7, 11) is 0. The van der Waals surface area contributed by atoms with Crippen LogP contribution in [-0.4, -0.2) is 22.4 Å². The van der Waals surface area contributed by atoms with Crippen molar-refractivity contribution in [1.82, 2.24) is 9.97 Å². The van der Waals surface area contributed by atoms with Crippen LogP contribution in [-0.2, 0) is 0 Å². The van der Waals surface area contributed by atoms with E-state index in [9.17, 15) is 0 Å². The van der Waals surface area contributed by atoms with Gasteiger partial charge in [-0.3, -0.25) is 20.0 Å². The molecule has 4 heteroatoms. The van der Waals surface area contributed by atoms with Gasteiger partial charge in [-0.2, -0.15) is 0 Å². The van der Waals surface area contributed by atoms with Gasteiger partial charge < -0.3 is 0 Å². The van der Waals surface area contributed by atoms with E-state index in [1.807, 2.05) is 61.2 Å². The zero-order valence-corrected chi connectivity index (χ0v) is 31.9. The van der Waals surface area contributed by atoms with Crippen molar-refractivity contribution in [3.63, 3.8) is 0 Å². The molecule has 50 heavy (non-hydrogen) atoms. The summed E-state index contributed by atoms with van der Waals surface area (Å²) in [5, 5.41) is 0. The molecule has 4 nitrogen and oxygen atoms in total. The molecule has 0 unspecified atom stereocenters. The minimum absolute atomic E-state index is 0.303. The highest BCUT2D eigenvalue weighted by Gasteiger charge is 2.22. The zero-order chi connectivity index (χ0) is 36.1. The Bertz CT molecular complexity index is 1780. The smallest absolute Gasteiger partial charge is 0.0812 e. The van der Waals surface area contributed by atoms with Crippen LogP contribution in [0, 0.1) is 6.92 Å². The lowest BCUT2D eigenvalue weighted by Crippen LogP contribution is -2.02. The van der Waals surface area contributed by atoms with Crippen molar-refractivity contribution < 1.29 is 0 Å². The SMILES string of the molecule is Cc1c(-c2cc(C(C)C)c(N=Cc3ccccn3)c(C(C)C)c2)cc(C(C)C)cc1-c1cc(C(C)C)c(N=Cc2ccccn2)c(C(C)C)c1. The van der Waals surface area contributed by atoms with Crippen LogP contribution in [0.25, 0.3) is 22.3 Å². The van der Waals surface area contributed by atoms with Crippen molar-refractivity contribution in [2.24, 2.45) is 9.98 Å². The molecule has 5 rings (SSSR count). The fourth-order valence-electron chi connectivity index (χ4n) is 6.57. The van der Waals surface area contributed by atoms with E-state index in [0.717, 1.165) is 22.8 Å². The monoisotopic (exact) mass is 662 g/mol. The summed E-state index contributed by atoms with van der Waals surface area (Å²) in [5.41, 5.74) is 16.6. The third-order valence-electron chi connectivity index (χ3n) is 9.57. The van der Waals surface area contributed by atoms with E-state index < -0.39 is 0 Å². The van der Waals surface area contributed by atoms with Crippen molar-refractivity contribution >= 4 is 23.8 Å². The number of hydrogen-bond acceptors (Lipinski definition) is 4. The molecule has 0 aliphatic rings. The van der Waals surface area contributed by atoms with E-state index in [0.29, 0.717) is 29.6 Å². The molecular weight excluding hydrogens is 609 g/mol. The van der Waals surface area contributed by atoms with Gasteiger partial charge >= 0.3 is 0 Å². The number of aromatic nitrogens is 2. The number of rotatable bonds is 11. The Hall–Kier alpha value is -4.70. The molecule has 0 bridgehead atoms. The Morgan fingerprint density at radius 2 is 0.840 bits per heavy atom.